The fourth-order valence-corrected chi connectivity index (χ4v) is 3.99. The van der Waals surface area contributed by atoms with Crippen molar-refractivity contribution in [2.75, 3.05) is 5.32 Å². The lowest BCUT2D eigenvalue weighted by Crippen LogP contribution is -2.30. The number of benzene rings is 2. The van der Waals surface area contributed by atoms with Crippen LogP contribution in [0.5, 0.6) is 5.75 Å². The van der Waals surface area contributed by atoms with Gasteiger partial charge in [-0.2, -0.15) is 4.98 Å². The van der Waals surface area contributed by atoms with E-state index in [9.17, 15) is 4.79 Å². The maximum Gasteiger partial charge on any atom is 0.267 e. The summed E-state index contributed by atoms with van der Waals surface area (Å²) in [5.41, 5.74) is 1.80. The van der Waals surface area contributed by atoms with Gasteiger partial charge < -0.3 is 4.74 Å². The molecule has 0 spiro atoms. The molecule has 1 amide bonds. The molecule has 0 saturated carbocycles. The molecule has 29 heavy (non-hydrogen) atoms. The Balaban J connectivity index is 1.50. The number of hydrogen-bond donors (Lipinski definition) is 1. The summed E-state index contributed by atoms with van der Waals surface area (Å²) in [7, 11) is 0. The van der Waals surface area contributed by atoms with Crippen LogP contribution in [0.2, 0.25) is 15.1 Å². The maximum atomic E-state index is 12.5. The summed E-state index contributed by atoms with van der Waals surface area (Å²) in [6, 6.07) is 12.2. The van der Waals surface area contributed by atoms with E-state index in [0.29, 0.717) is 25.8 Å². The molecule has 1 N–H and O–H groups in total. The Morgan fingerprint density at radius 2 is 1.86 bits per heavy atom. The zero-order valence-electron chi connectivity index (χ0n) is 14.9. The minimum atomic E-state index is -0.814. The molecule has 2 aromatic heterocycles. The second kappa shape index (κ2) is 8.20. The third-order valence-electron chi connectivity index (χ3n) is 4.02. The van der Waals surface area contributed by atoms with E-state index in [1.165, 1.54) is 11.3 Å². The van der Waals surface area contributed by atoms with Gasteiger partial charge in [0.25, 0.3) is 11.9 Å². The first-order valence-corrected chi connectivity index (χ1v) is 10.4. The third-order valence-corrected chi connectivity index (χ3v) is 5.62. The Morgan fingerprint density at radius 1 is 1.14 bits per heavy atom. The highest BCUT2D eigenvalue weighted by Crippen LogP contribution is 2.29. The minimum Gasteiger partial charge on any atom is -0.479 e. The molecule has 1 atom stereocenters. The van der Waals surface area contributed by atoms with Crippen molar-refractivity contribution in [3.05, 3.63) is 62.9 Å². The molecule has 0 aliphatic carbocycles. The predicted molar refractivity (Wildman–Crippen MR) is 116 cm³/mol. The van der Waals surface area contributed by atoms with Gasteiger partial charge in [0.2, 0.25) is 4.96 Å². The highest BCUT2D eigenvalue weighted by atomic mass is 35.5. The van der Waals surface area contributed by atoms with Gasteiger partial charge in [-0.15, -0.1) is 16.4 Å². The van der Waals surface area contributed by atoms with Gasteiger partial charge >= 0.3 is 0 Å². The molecule has 0 aliphatic heterocycles. The van der Waals surface area contributed by atoms with Crippen molar-refractivity contribution in [1.29, 1.82) is 0 Å². The molecule has 0 bridgehead atoms. The molecular formula is C19H13Cl3N4O2S. The van der Waals surface area contributed by atoms with Crippen LogP contribution in [0.3, 0.4) is 0 Å². The van der Waals surface area contributed by atoms with E-state index in [1.807, 2.05) is 17.5 Å². The lowest BCUT2D eigenvalue weighted by atomic mass is 10.2. The van der Waals surface area contributed by atoms with Gasteiger partial charge in [0.1, 0.15) is 5.75 Å². The topological polar surface area (TPSA) is 68.5 Å². The van der Waals surface area contributed by atoms with Gasteiger partial charge in [0, 0.05) is 21.0 Å². The highest BCUT2D eigenvalue weighted by molar-refractivity contribution is 7.15. The summed E-state index contributed by atoms with van der Waals surface area (Å²) in [6.45, 7) is 1.61. The number of aromatic nitrogens is 3. The van der Waals surface area contributed by atoms with Crippen molar-refractivity contribution in [3.8, 4) is 17.0 Å². The summed E-state index contributed by atoms with van der Waals surface area (Å²) in [5, 5.41) is 10.5. The molecule has 10 heteroatoms. The third kappa shape index (κ3) is 4.33. The van der Waals surface area contributed by atoms with Gasteiger partial charge in [-0.3, -0.25) is 10.1 Å². The van der Waals surface area contributed by atoms with Crippen LogP contribution in [0, 0.1) is 0 Å². The van der Waals surface area contributed by atoms with Crippen LogP contribution in [0.4, 0.5) is 5.95 Å². The Labute approximate surface area is 185 Å². The van der Waals surface area contributed by atoms with Gasteiger partial charge in [0.05, 0.1) is 10.7 Å². The van der Waals surface area contributed by atoms with Crippen LogP contribution in [-0.2, 0) is 4.79 Å². The number of anilines is 1. The first-order chi connectivity index (χ1) is 13.9. The van der Waals surface area contributed by atoms with Crippen molar-refractivity contribution < 1.29 is 9.53 Å². The smallest absolute Gasteiger partial charge is 0.267 e. The normalized spacial score (nSPS) is 12.1. The summed E-state index contributed by atoms with van der Waals surface area (Å²) in [5.74, 6) is 0.152. The van der Waals surface area contributed by atoms with E-state index in [0.717, 1.165) is 11.3 Å². The average molecular weight is 468 g/mol. The second-order valence-electron chi connectivity index (χ2n) is 6.08. The molecule has 2 heterocycles. The largest absolute Gasteiger partial charge is 0.479 e. The van der Waals surface area contributed by atoms with E-state index in [2.05, 4.69) is 15.4 Å². The fraction of sp³-hybridized carbons (Fsp3) is 0.105. The van der Waals surface area contributed by atoms with Crippen LogP contribution in [0.1, 0.15) is 6.92 Å². The second-order valence-corrected chi connectivity index (χ2v) is 8.20. The molecule has 2 aromatic carbocycles. The van der Waals surface area contributed by atoms with Crippen LogP contribution in [0.15, 0.2) is 47.8 Å². The number of carbonyl (C=O) groups excluding carboxylic acids is 1. The van der Waals surface area contributed by atoms with Crippen LogP contribution >= 0.6 is 46.1 Å². The quantitative estimate of drug-likeness (QED) is 0.401. The molecule has 0 aliphatic rings. The molecule has 1 unspecified atom stereocenters. The van der Waals surface area contributed by atoms with Crippen molar-refractivity contribution in [3.63, 3.8) is 0 Å². The van der Waals surface area contributed by atoms with Gasteiger partial charge in [-0.05, 0) is 37.3 Å². The standard InChI is InChI=1S/C19H13Cl3N4O2S/c1-10(28-16-7-6-13(21)8-14(16)22)17(27)23-18-24-19-26(25-18)15(9-29-19)11-2-4-12(20)5-3-11/h2-10H,1H3,(H,23,25,27). The molecular weight excluding hydrogens is 455 g/mol. The Kier molecular flexibility index (Phi) is 5.65. The fourth-order valence-electron chi connectivity index (χ4n) is 2.58. The number of nitrogens with one attached hydrogen (secondary N) is 1. The van der Waals surface area contributed by atoms with E-state index in [4.69, 9.17) is 39.5 Å². The van der Waals surface area contributed by atoms with Crippen LogP contribution in [-0.4, -0.2) is 26.6 Å². The molecule has 0 fully saturated rings. The molecule has 0 radical (unpaired) electrons. The van der Waals surface area contributed by atoms with Crippen molar-refractivity contribution >= 4 is 63.0 Å². The Hall–Kier alpha value is -2.32. The Bertz CT molecular complexity index is 1190. The highest BCUT2D eigenvalue weighted by Gasteiger charge is 2.19. The van der Waals surface area contributed by atoms with Crippen LogP contribution in [0.25, 0.3) is 16.2 Å². The first kappa shape index (κ1) is 20.0. The summed E-state index contributed by atoms with van der Waals surface area (Å²) < 4.78 is 7.29. The number of carbonyl (C=O) groups is 1. The average Bonchev–Trinajstić information content (AvgIpc) is 3.25. The van der Waals surface area contributed by atoms with Crippen molar-refractivity contribution in [1.82, 2.24) is 14.6 Å². The lowest BCUT2D eigenvalue weighted by Gasteiger charge is -2.14. The number of hydrogen-bond acceptors (Lipinski definition) is 5. The molecule has 148 valence electrons. The molecule has 4 rings (SSSR count). The SMILES string of the molecule is CC(Oc1ccc(Cl)cc1Cl)C(=O)Nc1nc2scc(-c3ccc(Cl)cc3)n2n1. The van der Waals surface area contributed by atoms with Crippen molar-refractivity contribution in [2.45, 2.75) is 13.0 Å². The number of amides is 1. The van der Waals surface area contributed by atoms with Crippen LogP contribution < -0.4 is 10.1 Å². The summed E-state index contributed by atoms with van der Waals surface area (Å²) in [6.07, 6.45) is -0.814. The van der Waals surface area contributed by atoms with Crippen molar-refractivity contribution in [2.24, 2.45) is 0 Å². The van der Waals surface area contributed by atoms with Gasteiger partial charge in [0.15, 0.2) is 6.10 Å². The first-order valence-electron chi connectivity index (χ1n) is 8.43. The minimum absolute atomic E-state index is 0.190. The zero-order chi connectivity index (χ0) is 20.5. The van der Waals surface area contributed by atoms with E-state index in [1.54, 1.807) is 41.8 Å². The lowest BCUT2D eigenvalue weighted by molar-refractivity contribution is -0.122. The van der Waals surface area contributed by atoms with E-state index >= 15 is 0 Å². The monoisotopic (exact) mass is 466 g/mol. The predicted octanol–water partition coefficient (Wildman–Crippen LogP) is 5.82. The maximum absolute atomic E-state index is 12.5. The molecule has 6 nitrogen and oxygen atoms in total. The number of halogens is 3. The summed E-state index contributed by atoms with van der Waals surface area (Å²) >= 11 is 19.3. The zero-order valence-corrected chi connectivity index (χ0v) is 18.0. The molecule has 0 saturated heterocycles. The molecule has 4 aromatic rings. The Morgan fingerprint density at radius 3 is 2.59 bits per heavy atom. The number of nitrogens with zero attached hydrogens (tertiary/aromatic N) is 3. The number of rotatable bonds is 5. The summed E-state index contributed by atoms with van der Waals surface area (Å²) in [4.78, 5) is 17.5. The number of ether oxygens (including phenoxy) is 1. The van der Waals surface area contributed by atoms with Gasteiger partial charge in [-0.25, -0.2) is 4.52 Å². The van der Waals surface area contributed by atoms with Gasteiger partial charge in [-0.1, -0.05) is 46.9 Å². The number of thiazole rings is 1. The number of fused-ring (bicyclic) bond motifs is 1. The van der Waals surface area contributed by atoms with E-state index in [-0.39, 0.29) is 5.95 Å². The van der Waals surface area contributed by atoms with E-state index < -0.39 is 12.0 Å².